The number of aromatic nitrogens is 1. The predicted molar refractivity (Wildman–Crippen MR) is 114 cm³/mol. The Morgan fingerprint density at radius 3 is 2.62 bits per heavy atom. The van der Waals surface area contributed by atoms with Gasteiger partial charge in [0.15, 0.2) is 0 Å². The zero-order valence-electron chi connectivity index (χ0n) is 17.9. The first-order chi connectivity index (χ1) is 15.6. The van der Waals surface area contributed by atoms with Crippen LogP contribution in [0.5, 0.6) is 0 Å². The van der Waals surface area contributed by atoms with Gasteiger partial charge < -0.3 is 14.7 Å². The summed E-state index contributed by atoms with van der Waals surface area (Å²) < 4.78 is 4.99. The summed E-state index contributed by atoms with van der Waals surface area (Å²) in [7, 11) is 0. The molecule has 0 radical (unpaired) electrons. The molecular weight excluding hydrogens is 410 g/mol. The van der Waals surface area contributed by atoms with Crippen LogP contribution in [0.4, 0.5) is 4.79 Å². The summed E-state index contributed by atoms with van der Waals surface area (Å²) in [4.78, 5) is 44.3. The fourth-order valence-corrected chi connectivity index (χ4v) is 5.08. The number of carbonyl (C=O) groups excluding carboxylic acids is 3. The molecule has 3 aliphatic rings. The highest BCUT2D eigenvalue weighted by atomic mass is 16.5. The zero-order chi connectivity index (χ0) is 22.1. The third-order valence-electron chi connectivity index (χ3n) is 6.85. The van der Waals surface area contributed by atoms with Crippen LogP contribution in [-0.4, -0.2) is 75.5 Å². The summed E-state index contributed by atoms with van der Waals surface area (Å²) in [5, 5.41) is 6.59. The van der Waals surface area contributed by atoms with Gasteiger partial charge in [-0.05, 0) is 31.2 Å². The van der Waals surface area contributed by atoms with Crippen LogP contribution in [0.2, 0.25) is 0 Å². The molecule has 1 N–H and O–H groups in total. The summed E-state index contributed by atoms with van der Waals surface area (Å²) in [6.07, 6.45) is 4.03. The molecule has 1 atom stereocenters. The zero-order valence-corrected chi connectivity index (χ0v) is 17.9. The van der Waals surface area contributed by atoms with Crippen molar-refractivity contribution in [2.45, 2.75) is 43.8 Å². The van der Waals surface area contributed by atoms with E-state index in [0.29, 0.717) is 32.4 Å². The second-order valence-corrected chi connectivity index (χ2v) is 8.87. The number of nitrogens with one attached hydrogen (secondary N) is 1. The largest absolute Gasteiger partial charge is 0.351 e. The van der Waals surface area contributed by atoms with Crippen molar-refractivity contribution < 1.29 is 18.9 Å². The Morgan fingerprint density at radius 2 is 1.91 bits per heavy atom. The van der Waals surface area contributed by atoms with Gasteiger partial charge in [0.25, 0.3) is 11.8 Å². The van der Waals surface area contributed by atoms with Crippen LogP contribution < -0.4 is 5.32 Å². The van der Waals surface area contributed by atoms with Crippen LogP contribution in [0.1, 0.15) is 41.8 Å². The Bertz CT molecular complexity index is 985. The molecule has 2 aromatic rings. The highest BCUT2D eigenvalue weighted by Gasteiger charge is 2.54. The van der Waals surface area contributed by atoms with E-state index in [0.717, 1.165) is 26.1 Å². The van der Waals surface area contributed by atoms with Crippen molar-refractivity contribution in [2.24, 2.45) is 0 Å². The smallest absolute Gasteiger partial charge is 0.325 e. The van der Waals surface area contributed by atoms with E-state index >= 15 is 0 Å². The summed E-state index contributed by atoms with van der Waals surface area (Å²) in [5.74, 6) is -0.242. The van der Waals surface area contributed by atoms with Gasteiger partial charge in [0, 0.05) is 38.8 Å². The minimum absolute atomic E-state index is 0.152. The maximum atomic E-state index is 13.5. The molecule has 1 aromatic heterocycles. The van der Waals surface area contributed by atoms with Gasteiger partial charge in [0.05, 0.1) is 12.2 Å². The third-order valence-corrected chi connectivity index (χ3v) is 6.85. The van der Waals surface area contributed by atoms with E-state index < -0.39 is 5.54 Å². The van der Waals surface area contributed by atoms with Gasteiger partial charge in [-0.1, -0.05) is 35.5 Å². The van der Waals surface area contributed by atoms with E-state index in [1.54, 1.807) is 4.90 Å². The average Bonchev–Trinajstić information content (AvgIpc) is 3.43. The van der Waals surface area contributed by atoms with Crippen LogP contribution in [0.3, 0.4) is 0 Å². The molecule has 9 nitrogen and oxygen atoms in total. The second kappa shape index (κ2) is 8.38. The first-order valence-corrected chi connectivity index (χ1v) is 11.2. The summed E-state index contributed by atoms with van der Waals surface area (Å²) >= 11 is 0. The van der Waals surface area contributed by atoms with E-state index in [1.165, 1.54) is 22.7 Å². The molecule has 32 heavy (non-hydrogen) atoms. The Kier molecular flexibility index (Phi) is 5.42. The lowest BCUT2D eigenvalue weighted by molar-refractivity contribution is -0.135. The first kappa shape index (κ1) is 20.7. The minimum atomic E-state index is -0.832. The van der Waals surface area contributed by atoms with Crippen LogP contribution in [0.15, 0.2) is 47.1 Å². The van der Waals surface area contributed by atoms with Gasteiger partial charge >= 0.3 is 6.03 Å². The van der Waals surface area contributed by atoms with Gasteiger partial charge in [-0.2, -0.15) is 0 Å². The molecule has 0 aliphatic carbocycles. The van der Waals surface area contributed by atoms with Crippen molar-refractivity contribution in [2.75, 3.05) is 26.2 Å². The van der Waals surface area contributed by atoms with Crippen molar-refractivity contribution >= 4 is 17.8 Å². The standard InChI is InChI=1S/C23H27N5O4/c29-20(19-8-11-24-32-19)27-12-4-7-18(16-27)28-21(30)23(25-22(28)31)9-13-26(14-10-23)15-17-5-2-1-3-6-17/h1-3,5-6,8,11,18H,4,7,9-10,12-16H2,(H,25,31). The molecule has 3 saturated heterocycles. The Balaban J connectivity index is 1.23. The van der Waals surface area contributed by atoms with Crippen molar-refractivity contribution in [1.29, 1.82) is 0 Å². The Labute approximate surface area is 186 Å². The number of benzene rings is 1. The molecule has 3 fully saturated rings. The number of rotatable bonds is 4. The number of hydrogen-bond donors (Lipinski definition) is 1. The quantitative estimate of drug-likeness (QED) is 0.733. The van der Waals surface area contributed by atoms with E-state index in [9.17, 15) is 14.4 Å². The van der Waals surface area contributed by atoms with Crippen LogP contribution in [-0.2, 0) is 11.3 Å². The fourth-order valence-electron chi connectivity index (χ4n) is 5.08. The third kappa shape index (κ3) is 3.77. The van der Waals surface area contributed by atoms with Gasteiger partial charge in [0.2, 0.25) is 5.76 Å². The fraction of sp³-hybridized carbons (Fsp3) is 0.478. The SMILES string of the molecule is O=C(c1ccno1)N1CCCC(N2C(=O)NC3(CCN(Cc4ccccc4)CC3)C2=O)C1. The minimum Gasteiger partial charge on any atom is -0.351 e. The maximum Gasteiger partial charge on any atom is 0.325 e. The van der Waals surface area contributed by atoms with Gasteiger partial charge in [-0.15, -0.1) is 0 Å². The van der Waals surface area contributed by atoms with Crippen LogP contribution in [0, 0.1) is 0 Å². The molecule has 9 heteroatoms. The van der Waals surface area contributed by atoms with Gasteiger partial charge in [-0.25, -0.2) is 4.79 Å². The molecule has 1 unspecified atom stereocenters. The van der Waals surface area contributed by atoms with E-state index in [4.69, 9.17) is 4.52 Å². The number of hydrogen-bond acceptors (Lipinski definition) is 6. The van der Waals surface area contributed by atoms with Crippen molar-refractivity contribution in [3.05, 3.63) is 53.9 Å². The normalized spacial score (nSPS) is 23.6. The molecule has 1 aromatic carbocycles. The van der Waals surface area contributed by atoms with Crippen molar-refractivity contribution in [1.82, 2.24) is 25.2 Å². The molecule has 1 spiro atoms. The molecule has 0 saturated carbocycles. The first-order valence-electron chi connectivity index (χ1n) is 11.2. The van der Waals surface area contributed by atoms with Crippen LogP contribution >= 0.6 is 0 Å². The number of carbonyl (C=O) groups is 3. The second-order valence-electron chi connectivity index (χ2n) is 8.87. The molecular formula is C23H27N5O4. The highest BCUT2D eigenvalue weighted by molar-refractivity contribution is 6.07. The molecule has 4 amide bonds. The van der Waals surface area contributed by atoms with Crippen molar-refractivity contribution in [3.8, 4) is 0 Å². The molecule has 0 bridgehead atoms. The number of piperidine rings is 2. The average molecular weight is 438 g/mol. The summed E-state index contributed by atoms with van der Waals surface area (Å²) in [6, 6.07) is 11.1. The number of nitrogens with zero attached hydrogens (tertiary/aromatic N) is 4. The van der Waals surface area contributed by atoms with Crippen molar-refractivity contribution in [3.63, 3.8) is 0 Å². The Hall–Kier alpha value is -3.20. The molecule has 4 heterocycles. The predicted octanol–water partition coefficient (Wildman–Crippen LogP) is 1.87. The van der Waals surface area contributed by atoms with E-state index in [-0.39, 0.29) is 29.6 Å². The van der Waals surface area contributed by atoms with Gasteiger partial charge in [-0.3, -0.25) is 19.4 Å². The number of amides is 4. The molecule has 5 rings (SSSR count). The lowest BCUT2D eigenvalue weighted by Crippen LogP contribution is -2.56. The highest BCUT2D eigenvalue weighted by Crippen LogP contribution is 2.33. The Morgan fingerprint density at radius 1 is 1.12 bits per heavy atom. The van der Waals surface area contributed by atoms with E-state index in [1.807, 2.05) is 18.2 Å². The monoisotopic (exact) mass is 437 g/mol. The maximum absolute atomic E-state index is 13.5. The molecule has 3 aliphatic heterocycles. The topological polar surface area (TPSA) is 99.0 Å². The van der Waals surface area contributed by atoms with Gasteiger partial charge in [0.1, 0.15) is 5.54 Å². The summed E-state index contributed by atoms with van der Waals surface area (Å²) in [6.45, 7) is 3.21. The molecule has 168 valence electrons. The number of likely N-dealkylation sites (tertiary alicyclic amines) is 2. The van der Waals surface area contributed by atoms with Crippen LogP contribution in [0.25, 0.3) is 0 Å². The van der Waals surface area contributed by atoms with E-state index in [2.05, 4.69) is 27.5 Å². The number of imide groups is 1. The lowest BCUT2D eigenvalue weighted by atomic mass is 9.87. The summed E-state index contributed by atoms with van der Waals surface area (Å²) in [5.41, 5.74) is 0.409. The number of urea groups is 1. The lowest BCUT2D eigenvalue weighted by Gasteiger charge is -2.39.